The van der Waals surface area contributed by atoms with E-state index in [0.717, 1.165) is 0 Å². The lowest BCUT2D eigenvalue weighted by molar-refractivity contribution is -0.163. The van der Waals surface area contributed by atoms with Crippen molar-refractivity contribution in [3.05, 3.63) is 29.3 Å². The van der Waals surface area contributed by atoms with Crippen molar-refractivity contribution in [2.75, 3.05) is 11.9 Å². The average molecular weight is 308 g/mol. The molecule has 0 spiro atoms. The Balaban J connectivity index is 2.21. The van der Waals surface area contributed by atoms with Crippen molar-refractivity contribution in [1.82, 2.24) is 5.32 Å². The molecule has 21 heavy (non-hydrogen) atoms. The first kappa shape index (κ1) is 15.5. The van der Waals surface area contributed by atoms with Gasteiger partial charge in [0, 0.05) is 12.1 Å². The molecule has 116 valence electrons. The molecule has 0 atom stereocenters. The minimum absolute atomic E-state index is 0.233. The largest absolute Gasteiger partial charge is 0.411 e. The van der Waals surface area contributed by atoms with Gasteiger partial charge in [0.2, 0.25) is 0 Å². The Morgan fingerprint density at radius 1 is 1.24 bits per heavy atom. The summed E-state index contributed by atoms with van der Waals surface area (Å²) in [6.45, 7) is 1.89. The van der Waals surface area contributed by atoms with Crippen LogP contribution in [0.2, 0.25) is 0 Å². The molecule has 0 radical (unpaired) electrons. The number of carbonyl (C=O) groups is 1. The van der Waals surface area contributed by atoms with Crippen LogP contribution >= 0.6 is 0 Å². The molecule has 2 N–H and O–H groups in total. The van der Waals surface area contributed by atoms with E-state index >= 15 is 0 Å². The van der Waals surface area contributed by atoms with Gasteiger partial charge in [0.05, 0.1) is 0 Å². The van der Waals surface area contributed by atoms with Crippen molar-refractivity contribution < 1.29 is 26.7 Å². The molecule has 0 heterocycles. The molecule has 1 aliphatic carbocycles. The molecule has 3 nitrogen and oxygen atoms in total. The Morgan fingerprint density at radius 2 is 1.76 bits per heavy atom. The van der Waals surface area contributed by atoms with Crippen LogP contribution in [-0.4, -0.2) is 24.2 Å². The van der Waals surface area contributed by atoms with E-state index in [9.17, 15) is 26.7 Å². The number of carbonyl (C=O) groups excluding carboxylic acids is 1. The third kappa shape index (κ3) is 2.93. The lowest BCUT2D eigenvalue weighted by Gasteiger charge is -2.20. The predicted octanol–water partition coefficient (Wildman–Crippen LogP) is 3.22. The number of hydrogen-bond acceptors (Lipinski definition) is 2. The summed E-state index contributed by atoms with van der Waals surface area (Å²) in [6, 6.07) is 1.42. The van der Waals surface area contributed by atoms with Crippen LogP contribution in [0.3, 0.4) is 0 Å². The fourth-order valence-corrected chi connectivity index (χ4v) is 1.94. The maximum absolute atomic E-state index is 13.6. The van der Waals surface area contributed by atoms with Gasteiger partial charge in [-0.1, -0.05) is 0 Å². The highest BCUT2D eigenvalue weighted by Crippen LogP contribution is 2.49. The zero-order valence-electron chi connectivity index (χ0n) is 11.1. The molecular formula is C13H13F5N2O. The summed E-state index contributed by atoms with van der Waals surface area (Å²) < 4.78 is 65.4. The Kier molecular flexibility index (Phi) is 3.81. The molecule has 0 aromatic heterocycles. The number of nitrogens with one attached hydrogen (secondary N) is 2. The lowest BCUT2D eigenvalue weighted by Crippen LogP contribution is -2.47. The zero-order chi connectivity index (χ0) is 15.8. The molecule has 1 amide bonds. The Hall–Kier alpha value is -1.86. The Bertz CT molecular complexity index is 543. The molecule has 1 aromatic rings. The maximum atomic E-state index is 13.6. The van der Waals surface area contributed by atoms with Crippen molar-refractivity contribution in [3.63, 3.8) is 0 Å². The fraction of sp³-hybridized carbons (Fsp3) is 0.462. The van der Waals surface area contributed by atoms with Crippen molar-refractivity contribution in [1.29, 1.82) is 0 Å². The van der Waals surface area contributed by atoms with Gasteiger partial charge >= 0.3 is 6.18 Å². The van der Waals surface area contributed by atoms with Crippen LogP contribution in [0, 0.1) is 11.6 Å². The van der Waals surface area contributed by atoms with E-state index in [1.54, 1.807) is 6.92 Å². The Morgan fingerprint density at radius 3 is 2.14 bits per heavy atom. The topological polar surface area (TPSA) is 41.1 Å². The minimum Gasteiger partial charge on any atom is -0.381 e. The summed E-state index contributed by atoms with van der Waals surface area (Å²) in [7, 11) is 0. The first-order chi connectivity index (χ1) is 9.70. The average Bonchev–Trinajstić information content (AvgIpc) is 3.13. The summed E-state index contributed by atoms with van der Waals surface area (Å²) in [6.07, 6.45) is -5.05. The van der Waals surface area contributed by atoms with Gasteiger partial charge in [0.1, 0.15) is 22.9 Å². The van der Waals surface area contributed by atoms with Crippen LogP contribution in [0.15, 0.2) is 12.1 Å². The van der Waals surface area contributed by atoms with Gasteiger partial charge in [0.25, 0.3) is 5.91 Å². The molecule has 0 unspecified atom stereocenters. The van der Waals surface area contributed by atoms with E-state index in [1.807, 2.05) is 5.32 Å². The third-order valence-corrected chi connectivity index (χ3v) is 3.30. The number of alkyl halides is 3. The zero-order valence-corrected chi connectivity index (χ0v) is 11.1. The molecule has 1 aliphatic rings. The van der Waals surface area contributed by atoms with Crippen LogP contribution in [0.1, 0.15) is 30.1 Å². The van der Waals surface area contributed by atoms with Crippen LogP contribution in [0.25, 0.3) is 0 Å². The quantitative estimate of drug-likeness (QED) is 0.839. The third-order valence-electron chi connectivity index (χ3n) is 3.30. The summed E-state index contributed by atoms with van der Waals surface area (Å²) in [5, 5.41) is 4.25. The highest BCUT2D eigenvalue weighted by Gasteiger charge is 2.64. The Labute approximate surface area is 117 Å². The summed E-state index contributed by atoms with van der Waals surface area (Å²) >= 11 is 0. The van der Waals surface area contributed by atoms with Gasteiger partial charge in [-0.3, -0.25) is 4.79 Å². The molecular weight excluding hydrogens is 295 g/mol. The molecule has 1 saturated carbocycles. The van der Waals surface area contributed by atoms with Crippen molar-refractivity contribution in [2.24, 2.45) is 0 Å². The molecule has 1 aromatic carbocycles. The van der Waals surface area contributed by atoms with Crippen LogP contribution in [-0.2, 0) is 0 Å². The van der Waals surface area contributed by atoms with E-state index < -0.39 is 40.5 Å². The number of amides is 1. The smallest absolute Gasteiger partial charge is 0.381 e. The summed E-state index contributed by atoms with van der Waals surface area (Å²) in [5.41, 5.74) is -3.16. The second-order valence-corrected chi connectivity index (χ2v) is 4.88. The van der Waals surface area contributed by atoms with Gasteiger partial charge in [-0.2, -0.15) is 13.2 Å². The van der Waals surface area contributed by atoms with E-state index in [-0.39, 0.29) is 19.4 Å². The molecule has 0 aliphatic heterocycles. The number of anilines is 1. The molecule has 0 bridgehead atoms. The lowest BCUT2D eigenvalue weighted by atomic mass is 10.1. The fourth-order valence-electron chi connectivity index (χ4n) is 1.94. The molecule has 0 saturated heterocycles. The normalized spacial score (nSPS) is 16.5. The summed E-state index contributed by atoms with van der Waals surface area (Å²) in [4.78, 5) is 11.8. The maximum Gasteiger partial charge on any atom is 0.411 e. The monoisotopic (exact) mass is 308 g/mol. The van der Waals surface area contributed by atoms with E-state index in [0.29, 0.717) is 12.1 Å². The van der Waals surface area contributed by atoms with E-state index in [4.69, 9.17) is 0 Å². The number of rotatable bonds is 4. The van der Waals surface area contributed by atoms with E-state index in [1.165, 1.54) is 0 Å². The second kappa shape index (κ2) is 5.16. The molecule has 1 fully saturated rings. The van der Waals surface area contributed by atoms with E-state index in [2.05, 4.69) is 5.32 Å². The van der Waals surface area contributed by atoms with Crippen LogP contribution in [0.5, 0.6) is 0 Å². The molecule has 8 heteroatoms. The second-order valence-electron chi connectivity index (χ2n) is 4.88. The van der Waals surface area contributed by atoms with Crippen LogP contribution < -0.4 is 10.6 Å². The van der Waals surface area contributed by atoms with Gasteiger partial charge in [-0.25, -0.2) is 8.78 Å². The number of benzene rings is 1. The molecule has 2 rings (SSSR count). The highest BCUT2D eigenvalue weighted by molar-refractivity contribution is 5.95. The van der Waals surface area contributed by atoms with Gasteiger partial charge in [-0.05, 0) is 31.9 Å². The van der Waals surface area contributed by atoms with Crippen molar-refractivity contribution in [3.8, 4) is 0 Å². The van der Waals surface area contributed by atoms with Gasteiger partial charge in [-0.15, -0.1) is 0 Å². The van der Waals surface area contributed by atoms with Crippen molar-refractivity contribution in [2.45, 2.75) is 31.5 Å². The van der Waals surface area contributed by atoms with Gasteiger partial charge < -0.3 is 10.6 Å². The van der Waals surface area contributed by atoms with Gasteiger partial charge in [0.15, 0.2) is 0 Å². The first-order valence-corrected chi connectivity index (χ1v) is 6.32. The standard InChI is InChI=1S/C13H13F5N2O/c1-2-19-10-8(14)5-7(6-9(10)15)11(21)20-12(3-4-12)13(16,17)18/h5-6,19H,2-4H2,1H3,(H,20,21). The SMILES string of the molecule is CCNc1c(F)cc(C(=O)NC2(C(F)(F)F)CC2)cc1F. The first-order valence-electron chi connectivity index (χ1n) is 6.32. The summed E-state index contributed by atoms with van der Waals surface area (Å²) in [5.74, 6) is -3.21. The minimum atomic E-state index is -4.58. The highest BCUT2D eigenvalue weighted by atomic mass is 19.4. The van der Waals surface area contributed by atoms with Crippen LogP contribution in [0.4, 0.5) is 27.6 Å². The number of halogens is 5. The predicted molar refractivity (Wildman–Crippen MR) is 66.0 cm³/mol. The number of hydrogen-bond donors (Lipinski definition) is 2. The van der Waals surface area contributed by atoms with Crippen molar-refractivity contribution >= 4 is 11.6 Å².